The minimum Gasteiger partial charge on any atom is -0.309 e. The molecule has 322 valence electrons. The fraction of sp³-hybridized carbons (Fsp3) is 0.104. The van der Waals surface area contributed by atoms with Crippen LogP contribution in [0.3, 0.4) is 0 Å². The summed E-state index contributed by atoms with van der Waals surface area (Å²) in [6.07, 6.45) is 0. The summed E-state index contributed by atoms with van der Waals surface area (Å²) in [6.45, 7) is 9.71. The first-order valence-corrected chi connectivity index (χ1v) is 24.2. The largest absolute Gasteiger partial charge is 0.309 e. The Hall–Kier alpha value is -8.00. The number of rotatable bonds is 5. The standard InChI is InChI=1S/C67H49N/c1-65(2)54-27-15-11-23-48(54)51-37-36-47(40-59(51)65)68(46-34-31-44(32-35-46)42-19-7-5-8-20-42)64-62-52-26-14-18-30-58(52)67(56-28-16-12-24-49(56)50-25-13-17-29-57(50)67)61(62)41-60-63(64)53-39-45(43-21-9-6-10-22-43)33-38-55(53)66(60,3)4/h5-41H,1-4H3. The lowest BCUT2D eigenvalue weighted by atomic mass is 9.69. The maximum absolute atomic E-state index is 2.65. The molecular formula is C67H49N. The molecule has 0 radical (unpaired) electrons. The first-order valence-electron chi connectivity index (χ1n) is 24.2. The van der Waals surface area contributed by atoms with E-state index in [1.165, 1.54) is 117 Å². The average Bonchev–Trinajstić information content (AvgIpc) is 4.02. The second-order valence-corrected chi connectivity index (χ2v) is 20.4. The van der Waals surface area contributed by atoms with Gasteiger partial charge in [0.05, 0.1) is 11.1 Å². The van der Waals surface area contributed by atoms with Gasteiger partial charge in [-0.15, -0.1) is 0 Å². The molecule has 68 heavy (non-hydrogen) atoms. The summed E-state index contributed by atoms with van der Waals surface area (Å²) in [6, 6.07) is 85.0. The van der Waals surface area contributed by atoms with Crippen molar-refractivity contribution >= 4 is 17.1 Å². The third kappa shape index (κ3) is 5.11. The van der Waals surface area contributed by atoms with Crippen molar-refractivity contribution in [3.05, 3.63) is 269 Å². The van der Waals surface area contributed by atoms with Gasteiger partial charge >= 0.3 is 0 Å². The fourth-order valence-corrected chi connectivity index (χ4v) is 13.1. The van der Waals surface area contributed by atoms with Crippen molar-refractivity contribution in [2.24, 2.45) is 0 Å². The van der Waals surface area contributed by atoms with Crippen molar-refractivity contribution in [2.75, 3.05) is 4.90 Å². The Bertz CT molecular complexity index is 3680. The summed E-state index contributed by atoms with van der Waals surface area (Å²) in [4.78, 5) is 2.65. The third-order valence-electron chi connectivity index (χ3n) is 16.3. The molecular weight excluding hydrogens is 819 g/mol. The molecule has 4 aliphatic rings. The molecule has 0 atom stereocenters. The van der Waals surface area contributed by atoms with Gasteiger partial charge in [-0.1, -0.05) is 222 Å². The normalized spacial score (nSPS) is 15.1. The minimum atomic E-state index is -0.520. The second kappa shape index (κ2) is 14.0. The summed E-state index contributed by atoms with van der Waals surface area (Å²) in [7, 11) is 0. The van der Waals surface area contributed by atoms with Gasteiger partial charge in [-0.2, -0.15) is 0 Å². The summed E-state index contributed by atoms with van der Waals surface area (Å²) in [5.41, 5.74) is 28.7. The van der Waals surface area contributed by atoms with Crippen molar-refractivity contribution in [1.29, 1.82) is 0 Å². The number of nitrogens with zero attached hydrogens (tertiary/aromatic N) is 1. The monoisotopic (exact) mass is 867 g/mol. The van der Waals surface area contributed by atoms with Gasteiger partial charge in [0.15, 0.2) is 0 Å². The molecule has 0 saturated heterocycles. The van der Waals surface area contributed by atoms with E-state index in [1.54, 1.807) is 0 Å². The van der Waals surface area contributed by atoms with E-state index in [4.69, 9.17) is 0 Å². The maximum Gasteiger partial charge on any atom is 0.0726 e. The van der Waals surface area contributed by atoms with Gasteiger partial charge in [-0.25, -0.2) is 0 Å². The highest BCUT2D eigenvalue weighted by Gasteiger charge is 2.54. The zero-order valence-electron chi connectivity index (χ0n) is 38.8. The topological polar surface area (TPSA) is 3.24 Å². The van der Waals surface area contributed by atoms with Crippen molar-refractivity contribution in [3.63, 3.8) is 0 Å². The third-order valence-corrected chi connectivity index (χ3v) is 16.3. The Morgan fingerprint density at radius 1 is 0.265 bits per heavy atom. The Kier molecular flexibility index (Phi) is 8.08. The quantitative estimate of drug-likeness (QED) is 0.167. The Balaban J connectivity index is 1.14. The molecule has 10 aromatic carbocycles. The zero-order valence-corrected chi connectivity index (χ0v) is 38.8. The number of hydrogen-bond acceptors (Lipinski definition) is 1. The van der Waals surface area contributed by atoms with Crippen LogP contribution in [-0.4, -0.2) is 0 Å². The summed E-state index contributed by atoms with van der Waals surface area (Å²) in [5.74, 6) is 0. The van der Waals surface area contributed by atoms with Gasteiger partial charge in [0.25, 0.3) is 0 Å². The molecule has 1 nitrogen and oxygen atoms in total. The highest BCUT2D eigenvalue weighted by atomic mass is 15.2. The molecule has 1 spiro atoms. The molecule has 0 fully saturated rings. The molecule has 0 saturated carbocycles. The molecule has 0 bridgehead atoms. The second-order valence-electron chi connectivity index (χ2n) is 20.4. The molecule has 14 rings (SSSR count). The molecule has 0 N–H and O–H groups in total. The van der Waals surface area contributed by atoms with Gasteiger partial charge in [0.1, 0.15) is 0 Å². The lowest BCUT2D eigenvalue weighted by Crippen LogP contribution is -2.27. The van der Waals surface area contributed by atoms with E-state index in [9.17, 15) is 0 Å². The average molecular weight is 868 g/mol. The Morgan fingerprint density at radius 3 is 1.32 bits per heavy atom. The number of fused-ring (bicyclic) bond motifs is 16. The SMILES string of the molecule is CC1(C)c2ccccc2-c2ccc(N(c3ccc(-c4ccccc4)cc3)c3c4c(cc5c3-c3ccccc3C53c5ccccc5-c5ccccc53)C(C)(C)c3ccc(-c5ccccc5)cc3-4)cc21. The van der Waals surface area contributed by atoms with E-state index < -0.39 is 5.41 Å². The van der Waals surface area contributed by atoms with Crippen molar-refractivity contribution in [1.82, 2.24) is 0 Å². The molecule has 4 aliphatic carbocycles. The highest BCUT2D eigenvalue weighted by molar-refractivity contribution is 6.09. The summed E-state index contributed by atoms with van der Waals surface area (Å²) >= 11 is 0. The Labute approximate surface area is 399 Å². The Morgan fingerprint density at radius 2 is 0.691 bits per heavy atom. The van der Waals surface area contributed by atoms with Crippen molar-refractivity contribution < 1.29 is 0 Å². The highest BCUT2D eigenvalue weighted by Crippen LogP contribution is 2.68. The van der Waals surface area contributed by atoms with E-state index in [1.807, 2.05) is 0 Å². The van der Waals surface area contributed by atoms with Crippen LogP contribution in [0, 0.1) is 0 Å². The predicted octanol–water partition coefficient (Wildman–Crippen LogP) is 17.4. The number of benzene rings is 10. The van der Waals surface area contributed by atoms with E-state index in [0.29, 0.717) is 0 Å². The smallest absolute Gasteiger partial charge is 0.0726 e. The van der Waals surface area contributed by atoms with Gasteiger partial charge in [-0.3, -0.25) is 0 Å². The molecule has 0 heterocycles. The van der Waals surface area contributed by atoms with Crippen LogP contribution in [0.2, 0.25) is 0 Å². The summed E-state index contributed by atoms with van der Waals surface area (Å²) in [5, 5.41) is 0. The molecule has 1 heteroatoms. The van der Waals surface area contributed by atoms with Crippen molar-refractivity contribution in [2.45, 2.75) is 43.9 Å². The van der Waals surface area contributed by atoms with Crippen LogP contribution < -0.4 is 4.90 Å². The lowest BCUT2D eigenvalue weighted by molar-refractivity contribution is 0.657. The molecule has 10 aromatic rings. The van der Waals surface area contributed by atoms with Gasteiger partial charge < -0.3 is 4.90 Å². The molecule has 0 aromatic heterocycles. The van der Waals surface area contributed by atoms with Gasteiger partial charge in [0.2, 0.25) is 0 Å². The first-order chi connectivity index (χ1) is 33.3. The van der Waals surface area contributed by atoms with Crippen LogP contribution in [0.15, 0.2) is 224 Å². The predicted molar refractivity (Wildman–Crippen MR) is 283 cm³/mol. The number of anilines is 3. The lowest BCUT2D eigenvalue weighted by Gasteiger charge is -2.35. The molecule has 0 unspecified atom stereocenters. The van der Waals surface area contributed by atoms with Crippen LogP contribution in [0.1, 0.15) is 72.2 Å². The maximum atomic E-state index is 2.65. The summed E-state index contributed by atoms with van der Waals surface area (Å²) < 4.78 is 0. The van der Waals surface area contributed by atoms with Crippen LogP contribution in [-0.2, 0) is 16.2 Å². The van der Waals surface area contributed by atoms with E-state index in [2.05, 4.69) is 257 Å². The van der Waals surface area contributed by atoms with Crippen LogP contribution >= 0.6 is 0 Å². The van der Waals surface area contributed by atoms with E-state index >= 15 is 0 Å². The number of hydrogen-bond donors (Lipinski definition) is 0. The first kappa shape index (κ1) is 39.2. The van der Waals surface area contributed by atoms with Gasteiger partial charge in [-0.05, 0) is 130 Å². The van der Waals surface area contributed by atoms with E-state index in [-0.39, 0.29) is 10.8 Å². The van der Waals surface area contributed by atoms with Crippen molar-refractivity contribution in [3.8, 4) is 66.8 Å². The molecule has 0 aliphatic heterocycles. The minimum absolute atomic E-state index is 0.182. The van der Waals surface area contributed by atoms with Crippen LogP contribution in [0.5, 0.6) is 0 Å². The zero-order chi connectivity index (χ0) is 45.5. The fourth-order valence-electron chi connectivity index (χ4n) is 13.1. The molecule has 0 amide bonds. The van der Waals surface area contributed by atoms with Gasteiger partial charge in [0, 0.05) is 33.3 Å². The van der Waals surface area contributed by atoms with E-state index in [0.717, 1.165) is 11.4 Å². The van der Waals surface area contributed by atoms with Crippen LogP contribution in [0.25, 0.3) is 66.8 Å². The van der Waals surface area contributed by atoms with Crippen LogP contribution in [0.4, 0.5) is 17.1 Å².